The van der Waals surface area contributed by atoms with Crippen LogP contribution in [0.25, 0.3) is 11.1 Å². The van der Waals surface area contributed by atoms with E-state index in [1.807, 2.05) is 53.1 Å². The smallest absolute Gasteiger partial charge is 0.416 e. The van der Waals surface area contributed by atoms with Gasteiger partial charge in [0.15, 0.2) is 11.7 Å². The van der Waals surface area contributed by atoms with Crippen molar-refractivity contribution in [3.63, 3.8) is 0 Å². The molecule has 1 saturated heterocycles. The number of hydrogen-bond acceptors (Lipinski definition) is 11. The second kappa shape index (κ2) is 16.2. The third-order valence-electron chi connectivity index (χ3n) is 10.6. The van der Waals surface area contributed by atoms with Crippen LogP contribution in [0, 0.1) is 0 Å². The summed E-state index contributed by atoms with van der Waals surface area (Å²) in [7, 11) is 6.38. The standard InChI is InChI=1S/C41H43ClF3N5O7/c1-23-22-56-36(39(51)49-12-11-25-13-28(41(43,44)45)14-31(42)37(25)24(49)2)21-50(23)33-18-46-17-32-38(33)57-40(47-32)48(19-26-7-9-29(52-3)15-34(26)54-5)20-27-8-10-30(53-4)16-35(27)55-6/h7-10,13-18,23-24,36H,11-12,19-22H2,1-6H3/t23-,24-,36+/m0/s1. The second-order valence-corrected chi connectivity index (χ2v) is 14.4. The lowest BCUT2D eigenvalue weighted by Gasteiger charge is -2.42. The quantitative estimate of drug-likeness (QED) is 0.130. The molecule has 0 saturated carbocycles. The zero-order chi connectivity index (χ0) is 40.6. The number of amides is 1. The summed E-state index contributed by atoms with van der Waals surface area (Å²) in [6.45, 7) is 5.03. The zero-order valence-corrected chi connectivity index (χ0v) is 33.1. The summed E-state index contributed by atoms with van der Waals surface area (Å²) < 4.78 is 75.7. The number of oxazole rings is 1. The number of benzene rings is 3. The van der Waals surface area contributed by atoms with Crippen molar-refractivity contribution >= 4 is 40.3 Å². The van der Waals surface area contributed by atoms with Crippen molar-refractivity contribution in [1.29, 1.82) is 0 Å². The topological polar surface area (TPSA) is 112 Å². The minimum atomic E-state index is -4.53. The second-order valence-electron chi connectivity index (χ2n) is 14.0. The van der Waals surface area contributed by atoms with Gasteiger partial charge >= 0.3 is 6.18 Å². The minimum absolute atomic E-state index is 0.0200. The van der Waals surface area contributed by atoms with Crippen LogP contribution in [0.5, 0.6) is 23.0 Å². The lowest BCUT2D eigenvalue weighted by Crippen LogP contribution is -2.55. The number of ether oxygens (including phenoxy) is 5. The normalized spacial score (nSPS) is 18.3. The van der Waals surface area contributed by atoms with E-state index < -0.39 is 23.9 Å². The van der Waals surface area contributed by atoms with Gasteiger partial charge in [0.25, 0.3) is 11.9 Å². The Labute approximate surface area is 333 Å². The molecule has 16 heteroatoms. The fraction of sp³-hybridized carbons (Fsp3) is 0.390. The number of hydrogen-bond donors (Lipinski definition) is 0. The lowest BCUT2D eigenvalue weighted by atomic mass is 9.91. The molecule has 302 valence electrons. The van der Waals surface area contributed by atoms with Crippen LogP contribution in [0.15, 0.2) is 65.3 Å². The number of aromatic nitrogens is 2. The largest absolute Gasteiger partial charge is 0.497 e. The first-order valence-electron chi connectivity index (χ1n) is 18.3. The van der Waals surface area contributed by atoms with E-state index in [0.29, 0.717) is 70.0 Å². The summed E-state index contributed by atoms with van der Waals surface area (Å²) in [4.78, 5) is 29.2. The first-order chi connectivity index (χ1) is 27.3. The van der Waals surface area contributed by atoms with Crippen molar-refractivity contribution in [2.45, 2.75) is 57.7 Å². The summed E-state index contributed by atoms with van der Waals surface area (Å²) in [5.74, 6) is 2.26. The van der Waals surface area contributed by atoms with E-state index in [-0.39, 0.29) is 43.1 Å². The van der Waals surface area contributed by atoms with E-state index >= 15 is 0 Å². The summed E-state index contributed by atoms with van der Waals surface area (Å²) in [5, 5.41) is -0.0200. The van der Waals surface area contributed by atoms with Crippen molar-refractivity contribution < 1.29 is 46.1 Å². The van der Waals surface area contributed by atoms with Gasteiger partial charge in [-0.2, -0.15) is 18.2 Å². The Morgan fingerprint density at radius 2 is 1.58 bits per heavy atom. The van der Waals surface area contributed by atoms with Gasteiger partial charge in [-0.25, -0.2) is 0 Å². The van der Waals surface area contributed by atoms with Crippen molar-refractivity contribution in [1.82, 2.24) is 14.9 Å². The molecule has 12 nitrogen and oxygen atoms in total. The number of fused-ring (bicyclic) bond motifs is 2. The molecule has 1 amide bonds. The number of halogens is 4. The number of carbonyl (C=O) groups excluding carboxylic acids is 1. The summed E-state index contributed by atoms with van der Waals surface area (Å²) in [6, 6.07) is 12.8. The van der Waals surface area contributed by atoms with Crippen molar-refractivity contribution in [2.24, 2.45) is 0 Å². The summed E-state index contributed by atoms with van der Waals surface area (Å²) in [5.41, 5.74) is 3.50. The van der Waals surface area contributed by atoms with Gasteiger partial charge in [0.05, 0.1) is 78.7 Å². The van der Waals surface area contributed by atoms with Gasteiger partial charge in [0.2, 0.25) is 0 Å². The molecule has 0 unspecified atom stereocenters. The molecule has 7 rings (SSSR count). The number of nitrogens with zero attached hydrogens (tertiary/aromatic N) is 5. The SMILES string of the molecule is COc1ccc(CN(Cc2ccc(OC)cc2OC)c2nc3cncc(N4C[C@H](C(=O)N5CCc6cc(C(F)(F)F)cc(Cl)c6[C@@H]5C)OC[C@@H]4C)c3o2)c(OC)c1. The molecular weight excluding hydrogens is 767 g/mol. The molecule has 4 heterocycles. The van der Waals surface area contributed by atoms with Gasteiger partial charge in [0.1, 0.15) is 34.2 Å². The van der Waals surface area contributed by atoms with Crippen molar-refractivity contribution in [2.75, 3.05) is 57.9 Å². The highest BCUT2D eigenvalue weighted by molar-refractivity contribution is 6.31. The predicted molar refractivity (Wildman–Crippen MR) is 208 cm³/mol. The number of rotatable bonds is 11. The number of anilines is 2. The fourth-order valence-corrected chi connectivity index (χ4v) is 7.96. The molecule has 3 atom stereocenters. The number of alkyl halides is 3. The Morgan fingerprint density at radius 3 is 2.18 bits per heavy atom. The Bertz CT molecular complexity index is 2210. The van der Waals surface area contributed by atoms with E-state index in [9.17, 15) is 18.0 Å². The Morgan fingerprint density at radius 1 is 0.930 bits per heavy atom. The van der Waals surface area contributed by atoms with Crippen LogP contribution in [0.3, 0.4) is 0 Å². The average Bonchev–Trinajstić information content (AvgIpc) is 3.65. The molecule has 3 aromatic carbocycles. The molecule has 5 aromatic rings. The van der Waals surface area contributed by atoms with E-state index in [1.165, 1.54) is 0 Å². The highest BCUT2D eigenvalue weighted by Crippen LogP contribution is 2.41. The first-order valence-corrected chi connectivity index (χ1v) is 18.7. The molecule has 0 bridgehead atoms. The van der Waals surface area contributed by atoms with Gasteiger partial charge in [-0.3, -0.25) is 9.78 Å². The molecule has 0 spiro atoms. The van der Waals surface area contributed by atoms with E-state index in [0.717, 1.165) is 23.3 Å². The van der Waals surface area contributed by atoms with Crippen molar-refractivity contribution in [3.8, 4) is 23.0 Å². The highest BCUT2D eigenvalue weighted by Gasteiger charge is 2.40. The molecule has 0 aliphatic carbocycles. The predicted octanol–water partition coefficient (Wildman–Crippen LogP) is 7.88. The van der Waals surface area contributed by atoms with Gasteiger partial charge in [0, 0.05) is 40.9 Å². The molecular formula is C41H43ClF3N5O7. The van der Waals surface area contributed by atoms with E-state index in [1.54, 1.807) is 52.7 Å². The van der Waals surface area contributed by atoms with Crippen LogP contribution in [0.1, 0.15) is 47.7 Å². The van der Waals surface area contributed by atoms with E-state index in [2.05, 4.69) is 4.98 Å². The third kappa shape index (κ3) is 7.95. The maximum absolute atomic E-state index is 14.1. The summed E-state index contributed by atoms with van der Waals surface area (Å²) in [6.07, 6.45) is -1.87. The van der Waals surface area contributed by atoms with E-state index in [4.69, 9.17) is 44.7 Å². The maximum Gasteiger partial charge on any atom is 0.416 e. The van der Waals surface area contributed by atoms with Gasteiger partial charge < -0.3 is 42.8 Å². The number of pyridine rings is 1. The third-order valence-corrected chi connectivity index (χ3v) is 10.9. The van der Waals surface area contributed by atoms with Crippen LogP contribution in [0.4, 0.5) is 24.9 Å². The lowest BCUT2D eigenvalue weighted by molar-refractivity contribution is -0.148. The number of morpholine rings is 1. The Hall–Kier alpha value is -5.41. The van der Waals surface area contributed by atoms with Crippen LogP contribution < -0.4 is 28.7 Å². The molecule has 1 fully saturated rings. The number of carbonyl (C=O) groups is 1. The van der Waals surface area contributed by atoms with Gasteiger partial charge in [-0.15, -0.1) is 0 Å². The zero-order valence-electron chi connectivity index (χ0n) is 32.4. The molecule has 0 radical (unpaired) electrons. The summed E-state index contributed by atoms with van der Waals surface area (Å²) >= 11 is 6.42. The maximum atomic E-state index is 14.1. The highest BCUT2D eigenvalue weighted by atomic mass is 35.5. The fourth-order valence-electron chi connectivity index (χ4n) is 7.57. The molecule has 2 aromatic heterocycles. The molecule has 2 aliphatic rings. The van der Waals surface area contributed by atoms with Crippen LogP contribution in [-0.4, -0.2) is 81.1 Å². The Kier molecular flexibility index (Phi) is 11.3. The molecule has 2 aliphatic heterocycles. The Balaban J connectivity index is 1.19. The van der Waals surface area contributed by atoms with Crippen LogP contribution in [-0.2, 0) is 35.2 Å². The van der Waals surface area contributed by atoms with Crippen molar-refractivity contribution in [3.05, 3.63) is 93.8 Å². The molecule has 57 heavy (non-hydrogen) atoms. The van der Waals surface area contributed by atoms with Gasteiger partial charge in [-0.05, 0) is 67.8 Å². The van der Waals surface area contributed by atoms with Gasteiger partial charge in [-0.1, -0.05) is 11.6 Å². The van der Waals surface area contributed by atoms with Crippen LogP contribution in [0.2, 0.25) is 5.02 Å². The molecule has 0 N–H and O–H groups in total. The average molecular weight is 810 g/mol. The minimum Gasteiger partial charge on any atom is -0.497 e. The number of methoxy groups -OCH3 is 4. The monoisotopic (exact) mass is 809 g/mol. The van der Waals surface area contributed by atoms with Crippen LogP contribution >= 0.6 is 11.6 Å². The first kappa shape index (κ1) is 39.8.